The number of nitrogens with one attached hydrogen (secondary N) is 3. The highest BCUT2D eigenvalue weighted by Crippen LogP contribution is 2.43. The SMILES string of the molecule is CN(C)c1cccc2cc(C(=O)NCCNc3nc4c(ncn4[C@H]4C[C@H](OP(=O)(O)O)[C@@H](CO)O4)c(=O)[nH]3)ccc12. The Morgan fingerprint density at radius 1 is 1.27 bits per heavy atom. The third-order valence-corrected chi connectivity index (χ3v) is 7.23. The zero-order chi connectivity index (χ0) is 29.3. The fourth-order valence-electron chi connectivity index (χ4n) is 4.80. The Labute approximate surface area is 233 Å². The van der Waals surface area contributed by atoms with E-state index in [1.54, 1.807) is 6.07 Å². The molecule has 1 fully saturated rings. The number of aliphatic hydroxyl groups excluding tert-OH is 1. The molecule has 15 nitrogen and oxygen atoms in total. The van der Waals surface area contributed by atoms with E-state index in [4.69, 9.17) is 19.0 Å². The molecule has 1 aliphatic rings. The van der Waals surface area contributed by atoms with Crippen molar-refractivity contribution in [3.8, 4) is 0 Å². The topological polar surface area (TPSA) is 204 Å². The van der Waals surface area contributed by atoms with Gasteiger partial charge in [-0.15, -0.1) is 0 Å². The Hall–Kier alpha value is -3.85. The van der Waals surface area contributed by atoms with Gasteiger partial charge < -0.3 is 35.2 Å². The number of imidazole rings is 1. The quantitative estimate of drug-likeness (QED) is 0.113. The predicted molar refractivity (Wildman–Crippen MR) is 150 cm³/mol. The number of nitrogens with zero attached hydrogens (tertiary/aromatic N) is 4. The van der Waals surface area contributed by atoms with Crippen molar-refractivity contribution >= 4 is 47.3 Å². The van der Waals surface area contributed by atoms with Crippen LogP contribution in [0.3, 0.4) is 0 Å². The van der Waals surface area contributed by atoms with E-state index < -0.39 is 38.4 Å². The minimum atomic E-state index is -4.82. The maximum absolute atomic E-state index is 12.7. The van der Waals surface area contributed by atoms with Crippen molar-refractivity contribution in [2.75, 3.05) is 44.0 Å². The highest BCUT2D eigenvalue weighted by Gasteiger charge is 2.41. The first-order valence-electron chi connectivity index (χ1n) is 12.7. The summed E-state index contributed by atoms with van der Waals surface area (Å²) in [6.45, 7) is -0.0466. The summed E-state index contributed by atoms with van der Waals surface area (Å²) in [6, 6.07) is 11.4. The molecule has 6 N–H and O–H groups in total. The lowest BCUT2D eigenvalue weighted by Gasteiger charge is -2.16. The van der Waals surface area contributed by atoms with Crippen molar-refractivity contribution in [1.29, 1.82) is 0 Å². The van der Waals surface area contributed by atoms with Gasteiger partial charge in [0.25, 0.3) is 11.5 Å². The Morgan fingerprint density at radius 3 is 2.80 bits per heavy atom. The lowest BCUT2D eigenvalue weighted by atomic mass is 10.0. The molecule has 0 spiro atoms. The summed E-state index contributed by atoms with van der Waals surface area (Å²) in [5, 5.41) is 17.4. The molecule has 4 aromatic rings. The van der Waals surface area contributed by atoms with Crippen LogP contribution in [0.4, 0.5) is 11.6 Å². The van der Waals surface area contributed by atoms with Crippen molar-refractivity contribution in [2.45, 2.75) is 24.9 Å². The number of hydrogen-bond acceptors (Lipinski definition) is 10. The highest BCUT2D eigenvalue weighted by atomic mass is 31.2. The second-order valence-electron chi connectivity index (χ2n) is 9.71. The van der Waals surface area contributed by atoms with Crippen molar-refractivity contribution in [2.24, 2.45) is 0 Å². The molecule has 1 aliphatic heterocycles. The lowest BCUT2D eigenvalue weighted by Crippen LogP contribution is -2.29. The van der Waals surface area contributed by atoms with Gasteiger partial charge in [-0.2, -0.15) is 4.98 Å². The molecule has 2 aromatic heterocycles. The molecule has 3 atom stereocenters. The number of carbonyl (C=O) groups excluding carboxylic acids is 1. The zero-order valence-corrected chi connectivity index (χ0v) is 23.1. The van der Waals surface area contributed by atoms with Gasteiger partial charge in [0, 0.05) is 50.2 Å². The van der Waals surface area contributed by atoms with Gasteiger partial charge in [0.15, 0.2) is 11.2 Å². The number of fused-ring (bicyclic) bond motifs is 2. The van der Waals surface area contributed by atoms with Crippen LogP contribution in [0.1, 0.15) is 23.0 Å². The molecule has 41 heavy (non-hydrogen) atoms. The average Bonchev–Trinajstić information content (AvgIpc) is 3.53. The minimum Gasteiger partial charge on any atom is -0.394 e. The van der Waals surface area contributed by atoms with Gasteiger partial charge in [0.05, 0.1) is 12.9 Å². The van der Waals surface area contributed by atoms with Crippen molar-refractivity contribution < 1.29 is 33.5 Å². The van der Waals surface area contributed by atoms with Gasteiger partial charge in [-0.1, -0.05) is 18.2 Å². The fraction of sp³-hybridized carbons (Fsp3) is 0.360. The maximum atomic E-state index is 12.7. The van der Waals surface area contributed by atoms with E-state index in [-0.39, 0.29) is 42.5 Å². The minimum absolute atomic E-state index is 0.0176. The molecule has 0 unspecified atom stereocenters. The molecule has 0 radical (unpaired) electrons. The smallest absolute Gasteiger partial charge is 0.394 e. The number of phosphoric ester groups is 1. The molecule has 218 valence electrons. The van der Waals surface area contributed by atoms with Gasteiger partial charge in [-0.05, 0) is 23.6 Å². The summed E-state index contributed by atoms with van der Waals surface area (Å²) in [5.74, 6) is -0.122. The van der Waals surface area contributed by atoms with Gasteiger partial charge in [-0.3, -0.25) is 23.7 Å². The summed E-state index contributed by atoms with van der Waals surface area (Å²) in [4.78, 5) is 56.8. The lowest BCUT2D eigenvalue weighted by molar-refractivity contribution is -0.0425. The highest BCUT2D eigenvalue weighted by molar-refractivity contribution is 7.46. The number of aliphatic hydroxyl groups is 1. The Kier molecular flexibility index (Phi) is 8.09. The molecule has 1 saturated heterocycles. The molecule has 2 aromatic carbocycles. The van der Waals surface area contributed by atoms with Crippen LogP contribution in [0.5, 0.6) is 0 Å². The van der Waals surface area contributed by atoms with Crippen LogP contribution in [0.15, 0.2) is 47.5 Å². The number of hydrogen-bond donors (Lipinski definition) is 6. The number of ether oxygens (including phenoxy) is 1. The van der Waals surface area contributed by atoms with E-state index in [1.807, 2.05) is 49.3 Å². The third kappa shape index (κ3) is 6.25. The van der Waals surface area contributed by atoms with E-state index >= 15 is 0 Å². The molecule has 3 heterocycles. The molecular weight excluding hydrogens is 557 g/mol. The van der Waals surface area contributed by atoms with Crippen LogP contribution < -0.4 is 21.1 Å². The first kappa shape index (κ1) is 28.7. The Balaban J connectivity index is 1.24. The van der Waals surface area contributed by atoms with Crippen LogP contribution >= 0.6 is 7.82 Å². The van der Waals surface area contributed by atoms with E-state index in [2.05, 4.69) is 25.6 Å². The number of benzene rings is 2. The van der Waals surface area contributed by atoms with Crippen LogP contribution in [-0.4, -0.2) is 86.3 Å². The molecule has 16 heteroatoms. The van der Waals surface area contributed by atoms with Crippen LogP contribution in [0.25, 0.3) is 21.9 Å². The van der Waals surface area contributed by atoms with Crippen molar-refractivity contribution in [3.05, 3.63) is 58.6 Å². The molecular formula is C25H30N7O8P. The first-order chi connectivity index (χ1) is 19.5. The summed E-state index contributed by atoms with van der Waals surface area (Å²) in [6.07, 6.45) is -1.61. The Morgan fingerprint density at radius 2 is 2.07 bits per heavy atom. The molecule has 0 bridgehead atoms. The van der Waals surface area contributed by atoms with Crippen LogP contribution in [0, 0.1) is 0 Å². The molecule has 0 aliphatic carbocycles. The van der Waals surface area contributed by atoms with E-state index in [0.717, 1.165) is 16.5 Å². The summed E-state index contributed by atoms with van der Waals surface area (Å²) in [7, 11) is -0.893. The zero-order valence-electron chi connectivity index (χ0n) is 22.2. The third-order valence-electron chi connectivity index (χ3n) is 6.68. The summed E-state index contributed by atoms with van der Waals surface area (Å²) >= 11 is 0. The van der Waals surface area contributed by atoms with Crippen LogP contribution in [-0.2, 0) is 13.8 Å². The number of rotatable bonds is 10. The summed E-state index contributed by atoms with van der Waals surface area (Å²) in [5.41, 5.74) is 1.24. The standard InChI is InChI=1S/C25H30N7O8P/c1-31(2)17-5-3-4-14-10-15(6-7-16(14)17)23(34)26-8-9-27-25-29-22-21(24(35)30-25)28-13-32(22)20-11-18(19(12-33)39-20)40-41(36,37)38/h3-7,10,13,18-20,33H,8-9,11-12H2,1-2H3,(H,26,34)(H2,36,37,38)(H2,27,29,30,35)/t18-,19+,20+/m0/s1. The second kappa shape index (κ2) is 11.6. The summed E-state index contributed by atoms with van der Waals surface area (Å²) < 4.78 is 23.2. The largest absolute Gasteiger partial charge is 0.469 e. The average molecular weight is 588 g/mol. The van der Waals surface area contributed by atoms with Gasteiger partial charge >= 0.3 is 7.82 Å². The van der Waals surface area contributed by atoms with E-state index in [1.165, 1.54) is 10.9 Å². The molecule has 0 saturated carbocycles. The predicted octanol–water partition coefficient (Wildman–Crippen LogP) is 0.938. The molecule has 5 rings (SSSR count). The number of aromatic nitrogens is 4. The number of carbonyl (C=O) groups is 1. The number of anilines is 2. The fourth-order valence-corrected chi connectivity index (χ4v) is 5.37. The van der Waals surface area contributed by atoms with Crippen LogP contribution in [0.2, 0.25) is 0 Å². The van der Waals surface area contributed by atoms with Crippen molar-refractivity contribution in [3.63, 3.8) is 0 Å². The normalized spacial score (nSPS) is 19.1. The maximum Gasteiger partial charge on any atom is 0.469 e. The van der Waals surface area contributed by atoms with E-state index in [0.29, 0.717) is 5.56 Å². The van der Waals surface area contributed by atoms with Gasteiger partial charge in [0.2, 0.25) is 5.95 Å². The number of aromatic amines is 1. The Bertz CT molecular complexity index is 1680. The van der Waals surface area contributed by atoms with Gasteiger partial charge in [-0.25, -0.2) is 9.55 Å². The number of amides is 1. The van der Waals surface area contributed by atoms with Crippen molar-refractivity contribution in [1.82, 2.24) is 24.8 Å². The monoisotopic (exact) mass is 587 g/mol. The first-order valence-corrected chi connectivity index (χ1v) is 14.3. The second-order valence-corrected chi connectivity index (χ2v) is 10.9. The van der Waals surface area contributed by atoms with E-state index in [9.17, 15) is 19.3 Å². The number of phosphoric acid groups is 1. The van der Waals surface area contributed by atoms with Gasteiger partial charge in [0.1, 0.15) is 18.4 Å². The number of H-pyrrole nitrogens is 1. The molecule has 1 amide bonds.